The summed E-state index contributed by atoms with van der Waals surface area (Å²) in [6.45, 7) is 8.07. The fraction of sp³-hybridized carbons (Fsp3) is 0.560. The molecule has 0 spiro atoms. The van der Waals surface area contributed by atoms with Crippen LogP contribution in [0.5, 0.6) is 0 Å². The van der Waals surface area contributed by atoms with E-state index in [1.165, 1.54) is 6.07 Å². The number of anilines is 2. The molecule has 1 aromatic carbocycles. The largest absolute Gasteiger partial charge is 0.367 e. The van der Waals surface area contributed by atoms with Gasteiger partial charge in [0.2, 0.25) is 16.0 Å². The van der Waals surface area contributed by atoms with Crippen LogP contribution in [0.15, 0.2) is 17.0 Å². The standard InChI is InChI=1S/C25H29F2N9O2S2/c1-13-9-35(10-14(2)29-13)18-7-16(40(37,38)34-25(3)4-5-25)6-17-19(18)30-24(36-11-15(8-28)12-36)31-20(17)22-32-33-23(39-22)21(26)27/h6-7,13-15,21,29,34H,4-5,9-12H2,1-3H3. The number of sulfonamides is 1. The highest BCUT2D eigenvalue weighted by Crippen LogP contribution is 2.41. The zero-order valence-electron chi connectivity index (χ0n) is 22.2. The number of fused-ring (bicyclic) bond motifs is 1. The monoisotopic (exact) mass is 589 g/mol. The Kier molecular flexibility index (Phi) is 6.64. The summed E-state index contributed by atoms with van der Waals surface area (Å²) in [6, 6.07) is 5.63. The van der Waals surface area contributed by atoms with Crippen molar-refractivity contribution >= 4 is 43.9 Å². The quantitative estimate of drug-likeness (QED) is 0.423. The second-order valence-electron chi connectivity index (χ2n) is 11.2. The highest BCUT2D eigenvalue weighted by molar-refractivity contribution is 7.89. The molecule has 2 saturated heterocycles. The number of halogens is 2. The van der Waals surface area contributed by atoms with E-state index in [0.29, 0.717) is 60.1 Å². The Hall–Kier alpha value is -3.06. The third-order valence-corrected chi connectivity index (χ3v) is 10.1. The number of hydrogen-bond acceptors (Lipinski definition) is 11. The van der Waals surface area contributed by atoms with E-state index in [9.17, 15) is 22.5 Å². The van der Waals surface area contributed by atoms with Crippen LogP contribution in [0.3, 0.4) is 0 Å². The van der Waals surface area contributed by atoms with Crippen LogP contribution in [0.4, 0.5) is 20.4 Å². The highest BCUT2D eigenvalue weighted by Gasteiger charge is 2.42. The number of rotatable bonds is 7. The molecular weight excluding hydrogens is 560 g/mol. The van der Waals surface area contributed by atoms with E-state index in [2.05, 4.69) is 50.0 Å². The minimum Gasteiger partial charge on any atom is -0.367 e. The summed E-state index contributed by atoms with van der Waals surface area (Å²) in [5.74, 6) is 0.172. The highest BCUT2D eigenvalue weighted by atomic mass is 32.2. The lowest BCUT2D eigenvalue weighted by molar-refractivity contribution is 0.150. The summed E-state index contributed by atoms with van der Waals surface area (Å²) >= 11 is 0.714. The Balaban J connectivity index is 1.58. The first-order valence-corrected chi connectivity index (χ1v) is 15.4. The van der Waals surface area contributed by atoms with E-state index >= 15 is 0 Å². The van der Waals surface area contributed by atoms with Gasteiger partial charge in [0.05, 0.1) is 28.1 Å². The third-order valence-electron chi connectivity index (χ3n) is 7.51. The molecule has 3 aliphatic rings. The van der Waals surface area contributed by atoms with Gasteiger partial charge in [0.15, 0.2) is 10.0 Å². The molecule has 2 N–H and O–H groups in total. The number of nitrogens with zero attached hydrogens (tertiary/aromatic N) is 7. The Morgan fingerprint density at radius 3 is 2.42 bits per heavy atom. The lowest BCUT2D eigenvalue weighted by Gasteiger charge is -2.38. The molecule has 15 heteroatoms. The summed E-state index contributed by atoms with van der Waals surface area (Å²) in [5.41, 5.74) is 0.846. The first-order valence-electron chi connectivity index (χ1n) is 13.1. The third kappa shape index (κ3) is 5.09. The molecule has 2 aliphatic heterocycles. The smallest absolute Gasteiger partial charge is 0.291 e. The predicted molar refractivity (Wildman–Crippen MR) is 147 cm³/mol. The Morgan fingerprint density at radius 2 is 1.82 bits per heavy atom. The van der Waals surface area contributed by atoms with Crippen LogP contribution >= 0.6 is 11.3 Å². The second kappa shape index (κ2) is 9.79. The molecule has 212 valence electrons. The van der Waals surface area contributed by atoms with Gasteiger partial charge in [-0.3, -0.25) is 0 Å². The van der Waals surface area contributed by atoms with Gasteiger partial charge >= 0.3 is 0 Å². The summed E-state index contributed by atoms with van der Waals surface area (Å²) in [7, 11) is -3.92. The van der Waals surface area contributed by atoms with Gasteiger partial charge in [0, 0.05) is 49.2 Å². The molecule has 11 nitrogen and oxygen atoms in total. The first kappa shape index (κ1) is 27.1. The van der Waals surface area contributed by atoms with E-state index in [1.807, 2.05) is 11.8 Å². The van der Waals surface area contributed by atoms with Gasteiger partial charge < -0.3 is 15.1 Å². The molecule has 2 aromatic heterocycles. The summed E-state index contributed by atoms with van der Waals surface area (Å²) in [6.07, 6.45) is -1.31. The Bertz CT molecular complexity index is 1600. The van der Waals surface area contributed by atoms with Crippen LogP contribution in [-0.2, 0) is 10.0 Å². The van der Waals surface area contributed by atoms with Gasteiger partial charge in [0.25, 0.3) is 6.43 Å². The molecule has 0 radical (unpaired) electrons. The average Bonchev–Trinajstić information content (AvgIpc) is 3.36. The number of aromatic nitrogens is 4. The maximum atomic E-state index is 13.6. The van der Waals surface area contributed by atoms with Crippen molar-refractivity contribution in [3.63, 3.8) is 0 Å². The van der Waals surface area contributed by atoms with Crippen molar-refractivity contribution in [3.8, 4) is 16.8 Å². The molecule has 2 atom stereocenters. The number of piperazine rings is 1. The van der Waals surface area contributed by atoms with Crippen molar-refractivity contribution < 1.29 is 17.2 Å². The number of benzene rings is 1. The minimum atomic E-state index is -3.92. The molecule has 2 unspecified atom stereocenters. The fourth-order valence-electron chi connectivity index (χ4n) is 5.22. The van der Waals surface area contributed by atoms with Crippen molar-refractivity contribution in [2.45, 2.75) is 62.6 Å². The van der Waals surface area contributed by atoms with Crippen LogP contribution in [0.1, 0.15) is 45.0 Å². The lowest BCUT2D eigenvalue weighted by atomic mass is 10.0. The van der Waals surface area contributed by atoms with E-state index < -0.39 is 27.0 Å². The number of nitrogens with one attached hydrogen (secondary N) is 2. The molecule has 0 amide bonds. The van der Waals surface area contributed by atoms with Gasteiger partial charge in [-0.15, -0.1) is 10.2 Å². The fourth-order valence-corrected chi connectivity index (χ4v) is 7.43. The Morgan fingerprint density at radius 1 is 1.12 bits per heavy atom. The van der Waals surface area contributed by atoms with E-state index in [1.54, 1.807) is 6.07 Å². The van der Waals surface area contributed by atoms with Crippen LogP contribution in [0.25, 0.3) is 21.6 Å². The van der Waals surface area contributed by atoms with Crippen molar-refractivity contribution in [3.05, 3.63) is 17.1 Å². The number of nitriles is 1. The minimum absolute atomic E-state index is 0.0478. The summed E-state index contributed by atoms with van der Waals surface area (Å²) in [4.78, 5) is 13.5. The first-order chi connectivity index (χ1) is 18.9. The number of alkyl halides is 2. The topological polar surface area (TPSA) is 140 Å². The van der Waals surface area contributed by atoms with Gasteiger partial charge in [-0.25, -0.2) is 31.9 Å². The van der Waals surface area contributed by atoms with Gasteiger partial charge in [0.1, 0.15) is 5.69 Å². The second-order valence-corrected chi connectivity index (χ2v) is 13.9. The van der Waals surface area contributed by atoms with Gasteiger partial charge in [-0.05, 0) is 45.7 Å². The van der Waals surface area contributed by atoms with E-state index in [-0.39, 0.29) is 33.6 Å². The van der Waals surface area contributed by atoms with Crippen molar-refractivity contribution in [2.24, 2.45) is 5.92 Å². The molecule has 3 fully saturated rings. The van der Waals surface area contributed by atoms with Crippen molar-refractivity contribution in [1.82, 2.24) is 30.2 Å². The predicted octanol–water partition coefficient (Wildman–Crippen LogP) is 3.06. The molecule has 3 aromatic rings. The summed E-state index contributed by atoms with van der Waals surface area (Å²) < 4.78 is 56.9. The molecule has 0 bridgehead atoms. The summed E-state index contributed by atoms with van der Waals surface area (Å²) in [5, 5.41) is 20.5. The molecule has 40 heavy (non-hydrogen) atoms. The molecule has 1 saturated carbocycles. The van der Waals surface area contributed by atoms with Crippen molar-refractivity contribution in [2.75, 3.05) is 36.0 Å². The zero-order valence-corrected chi connectivity index (χ0v) is 23.9. The van der Waals surface area contributed by atoms with Crippen molar-refractivity contribution in [1.29, 1.82) is 5.26 Å². The molecule has 4 heterocycles. The van der Waals surface area contributed by atoms with Gasteiger partial charge in [-0.1, -0.05) is 11.3 Å². The normalized spacial score (nSPS) is 22.9. The molecule has 6 rings (SSSR count). The maximum absolute atomic E-state index is 13.6. The number of hydrogen-bond donors (Lipinski definition) is 2. The van der Waals surface area contributed by atoms with E-state index in [0.717, 1.165) is 12.8 Å². The van der Waals surface area contributed by atoms with Crippen LogP contribution < -0.4 is 19.8 Å². The lowest BCUT2D eigenvalue weighted by Crippen LogP contribution is -2.54. The van der Waals surface area contributed by atoms with E-state index in [4.69, 9.17) is 4.98 Å². The Labute approximate surface area is 234 Å². The van der Waals surface area contributed by atoms with Gasteiger partial charge in [-0.2, -0.15) is 5.26 Å². The maximum Gasteiger partial charge on any atom is 0.291 e. The van der Waals surface area contributed by atoms with Crippen LogP contribution in [-0.4, -0.2) is 72.4 Å². The van der Waals surface area contributed by atoms with Crippen LogP contribution in [0, 0.1) is 17.2 Å². The average molecular weight is 590 g/mol. The SMILES string of the molecule is CC1CN(c2cc(S(=O)(=O)NC3(C)CC3)cc3c(-c4nnc(C(F)F)s4)nc(N4CC(C#N)C4)nc23)CC(C)N1. The molecular formula is C25H29F2N9O2S2. The van der Waals surface area contributed by atoms with Crippen LogP contribution in [0.2, 0.25) is 0 Å². The molecule has 1 aliphatic carbocycles. The zero-order chi connectivity index (χ0) is 28.4.